The summed E-state index contributed by atoms with van der Waals surface area (Å²) in [7, 11) is 8.76. The first-order valence-corrected chi connectivity index (χ1v) is 24.9. The zero-order chi connectivity index (χ0) is 48.7. The third kappa shape index (κ3) is 12.5. The average Bonchev–Trinajstić information content (AvgIpc) is 3.77. The van der Waals surface area contributed by atoms with Crippen LogP contribution in [0.3, 0.4) is 0 Å². The Morgan fingerprint density at radius 3 is 2.06 bits per heavy atom. The quantitative estimate of drug-likeness (QED) is 0.0829. The van der Waals surface area contributed by atoms with Crippen molar-refractivity contribution in [2.45, 2.75) is 103 Å². The van der Waals surface area contributed by atoms with Gasteiger partial charge in [-0.25, -0.2) is 0 Å². The van der Waals surface area contributed by atoms with Crippen molar-refractivity contribution in [3.63, 3.8) is 0 Å². The fourth-order valence-corrected chi connectivity index (χ4v) is 10.4. The van der Waals surface area contributed by atoms with Crippen molar-refractivity contribution in [2.24, 2.45) is 25.9 Å². The van der Waals surface area contributed by atoms with E-state index in [0.29, 0.717) is 52.7 Å². The third-order valence-corrected chi connectivity index (χ3v) is 14.3. The molecule has 1 saturated heterocycles. The van der Waals surface area contributed by atoms with E-state index in [1.54, 1.807) is 55.9 Å². The monoisotopic (exact) mass is 937 g/mol. The third-order valence-electron chi connectivity index (χ3n) is 14.3. The number of fused-ring (bicyclic) bond motifs is 5. The molecule has 0 radical (unpaired) electrons. The second-order valence-electron chi connectivity index (χ2n) is 18.4. The minimum Gasteiger partial charge on any atom is -0.497 e. The van der Waals surface area contributed by atoms with Gasteiger partial charge in [0, 0.05) is 69.8 Å². The molecular formula is C52H76N10O6. The smallest absolute Gasteiger partial charge is 0.261 e. The van der Waals surface area contributed by atoms with Gasteiger partial charge in [0.1, 0.15) is 18.0 Å². The van der Waals surface area contributed by atoms with Gasteiger partial charge in [-0.3, -0.25) is 23.9 Å². The number of anilines is 1. The molecule has 0 bridgehead atoms. The van der Waals surface area contributed by atoms with E-state index in [9.17, 15) is 19.2 Å². The summed E-state index contributed by atoms with van der Waals surface area (Å²) in [5.41, 5.74) is 2.43. The highest BCUT2D eigenvalue weighted by atomic mass is 16.5. The van der Waals surface area contributed by atoms with Crippen molar-refractivity contribution in [2.75, 3.05) is 72.4 Å². The van der Waals surface area contributed by atoms with Gasteiger partial charge in [-0.05, 0) is 87.5 Å². The first-order chi connectivity index (χ1) is 33.0. The Kier molecular flexibility index (Phi) is 19.0. The molecule has 0 spiro atoms. The minimum absolute atomic E-state index is 0.0213. The van der Waals surface area contributed by atoms with Gasteiger partial charge in [0.05, 0.1) is 60.1 Å². The fraction of sp³-hybridized carbons (Fsp3) is 0.577. The number of ether oxygens (including phenoxy) is 2. The van der Waals surface area contributed by atoms with Crippen LogP contribution in [0.4, 0.5) is 5.69 Å². The second kappa shape index (κ2) is 25.0. The van der Waals surface area contributed by atoms with E-state index in [-0.39, 0.29) is 41.6 Å². The predicted molar refractivity (Wildman–Crippen MR) is 274 cm³/mol. The maximum Gasteiger partial charge on any atom is 0.261 e. The summed E-state index contributed by atoms with van der Waals surface area (Å²) in [6.07, 6.45) is 18.5. The van der Waals surface area contributed by atoms with Crippen LogP contribution in [-0.2, 0) is 30.2 Å². The number of likely N-dealkylation sites (N-methyl/N-ethyl adjacent to an activating group) is 1. The summed E-state index contributed by atoms with van der Waals surface area (Å²) >= 11 is 0. The van der Waals surface area contributed by atoms with Crippen molar-refractivity contribution < 1.29 is 19.1 Å². The number of piperidine rings is 1. The lowest BCUT2D eigenvalue weighted by Crippen LogP contribution is -2.45. The summed E-state index contributed by atoms with van der Waals surface area (Å²) in [6.45, 7) is 9.31. The number of carbonyl (C=O) groups excluding carboxylic acids is 2. The molecule has 8 rings (SSSR count). The molecule has 5 aromatic rings. The number of pyridine rings is 2. The van der Waals surface area contributed by atoms with Gasteiger partial charge in [-0.1, -0.05) is 65.2 Å². The Morgan fingerprint density at radius 2 is 1.38 bits per heavy atom. The molecule has 16 heteroatoms. The number of hydrogen-bond acceptors (Lipinski definition) is 11. The van der Waals surface area contributed by atoms with E-state index >= 15 is 0 Å². The molecular weight excluding hydrogens is 861 g/mol. The number of nitrogens with zero attached hydrogens (tertiary/aromatic N) is 6. The zero-order valence-electron chi connectivity index (χ0n) is 41.6. The molecule has 370 valence electrons. The molecule has 16 nitrogen and oxygen atoms in total. The van der Waals surface area contributed by atoms with Gasteiger partial charge in [0.15, 0.2) is 0 Å². The van der Waals surface area contributed by atoms with Crippen LogP contribution >= 0.6 is 0 Å². The Labute approximate surface area is 401 Å². The highest BCUT2D eigenvalue weighted by molar-refractivity contribution is 6.04. The molecule has 2 amide bonds. The lowest BCUT2D eigenvalue weighted by atomic mass is 9.75. The largest absolute Gasteiger partial charge is 0.497 e. The number of nitrogens with one attached hydrogen (secondary N) is 4. The van der Waals surface area contributed by atoms with E-state index in [4.69, 9.17) is 14.9 Å². The van der Waals surface area contributed by atoms with Crippen molar-refractivity contribution >= 4 is 56.4 Å². The number of aryl methyl sites for hydroxylation is 2. The van der Waals surface area contributed by atoms with Gasteiger partial charge in [-0.2, -0.15) is 5.10 Å². The molecule has 2 atom stereocenters. The molecule has 2 aromatic carbocycles. The molecule has 2 aliphatic carbocycles. The van der Waals surface area contributed by atoms with Gasteiger partial charge in [-0.15, -0.1) is 0 Å². The van der Waals surface area contributed by atoms with Crippen LogP contribution < -0.4 is 36.5 Å². The first kappa shape index (κ1) is 51.6. The highest BCUT2D eigenvalue weighted by Crippen LogP contribution is 2.36. The summed E-state index contributed by atoms with van der Waals surface area (Å²) in [4.78, 5) is 55.7. The topological polar surface area (TPSA) is 181 Å². The summed E-state index contributed by atoms with van der Waals surface area (Å²) in [5, 5.41) is 23.3. The molecule has 4 N–H and O–H groups in total. The number of methoxy groups -OCH3 is 2. The van der Waals surface area contributed by atoms with E-state index < -0.39 is 0 Å². The van der Waals surface area contributed by atoms with Gasteiger partial charge < -0.3 is 49.8 Å². The van der Waals surface area contributed by atoms with Crippen LogP contribution in [0.15, 0.2) is 52.2 Å². The lowest BCUT2D eigenvalue weighted by molar-refractivity contribution is -0.122. The van der Waals surface area contributed by atoms with Crippen molar-refractivity contribution in [1.29, 1.82) is 5.41 Å². The predicted octanol–water partition coefficient (Wildman–Crippen LogP) is 6.67. The maximum atomic E-state index is 12.8. The van der Waals surface area contributed by atoms with Crippen molar-refractivity contribution in [3.05, 3.63) is 68.9 Å². The minimum atomic E-state index is -0.286. The van der Waals surface area contributed by atoms with Gasteiger partial charge in [0.25, 0.3) is 11.1 Å². The number of likely N-dealkylation sites (tertiary alicyclic amines) is 1. The Bertz CT molecular complexity index is 2610. The summed E-state index contributed by atoms with van der Waals surface area (Å²) in [6, 6.07) is 11.6. The maximum absolute atomic E-state index is 12.8. The van der Waals surface area contributed by atoms with Crippen LogP contribution in [0.5, 0.6) is 11.5 Å². The molecule has 4 heterocycles. The molecule has 1 aliphatic heterocycles. The normalized spacial score (nSPS) is 17.8. The van der Waals surface area contributed by atoms with E-state index in [2.05, 4.69) is 37.9 Å². The Hall–Kier alpha value is -5.74. The number of aromatic nitrogens is 4. The first-order valence-electron chi connectivity index (χ1n) is 24.9. The van der Waals surface area contributed by atoms with Crippen LogP contribution in [0.25, 0.3) is 32.7 Å². The number of hydrogen-bond donors (Lipinski definition) is 4. The molecule has 2 saturated carbocycles. The van der Waals surface area contributed by atoms with Gasteiger partial charge >= 0.3 is 0 Å². The van der Waals surface area contributed by atoms with Crippen molar-refractivity contribution in [1.82, 2.24) is 39.3 Å². The molecule has 3 aliphatic rings. The fourth-order valence-electron chi connectivity index (χ4n) is 10.4. The van der Waals surface area contributed by atoms with Crippen LogP contribution in [0.2, 0.25) is 0 Å². The lowest BCUT2D eigenvalue weighted by Gasteiger charge is -2.41. The average molecular weight is 937 g/mol. The second-order valence-corrected chi connectivity index (χ2v) is 18.4. The van der Waals surface area contributed by atoms with Crippen LogP contribution in [-0.4, -0.2) is 120 Å². The van der Waals surface area contributed by atoms with E-state index in [1.807, 2.05) is 38.1 Å². The molecule has 68 heavy (non-hydrogen) atoms. The van der Waals surface area contributed by atoms with Crippen LogP contribution in [0.1, 0.15) is 96.5 Å². The number of carbonyl (C=O) groups is 2. The Morgan fingerprint density at radius 1 is 0.779 bits per heavy atom. The van der Waals surface area contributed by atoms with E-state index in [1.165, 1.54) is 88.2 Å². The SMILES string of the molecule is CC.COc1ccc2c(c1)c(NCC(=O)NCCN(C)C1CCCCCCC1)c(C=N)c(=O)n2C.COc1ccc2c(c1)c1c(cnn1CC(=O)NCCN1CCC3CCCC[C@H]3C1)c(=O)n2C. The van der Waals surface area contributed by atoms with Crippen molar-refractivity contribution in [3.8, 4) is 11.5 Å². The zero-order valence-corrected chi connectivity index (χ0v) is 41.6. The van der Waals surface area contributed by atoms with Crippen LogP contribution in [0, 0.1) is 17.2 Å². The van der Waals surface area contributed by atoms with Gasteiger partial charge in [0.2, 0.25) is 11.8 Å². The number of rotatable bonds is 15. The number of amides is 2. The highest BCUT2D eigenvalue weighted by Gasteiger charge is 2.31. The van der Waals surface area contributed by atoms with E-state index in [0.717, 1.165) is 54.0 Å². The number of benzene rings is 2. The summed E-state index contributed by atoms with van der Waals surface area (Å²) in [5.74, 6) is 2.85. The Balaban J connectivity index is 0.000000216. The molecule has 3 fully saturated rings. The standard InChI is InChI=1S/C25H33N5O3.C25H37N5O3.C2H6/c1-28-22-8-7-19(33-2)13-20(22)24-21(25(28)32)14-27-30(24)16-23(31)26-10-12-29-11-9-17-5-3-4-6-18(17)15-29;1-29(18-9-7-5-4-6-8-10-18)14-13-27-23(31)17-28-24-20-15-19(33-3)11-12-22(20)30(2)25(32)21(24)16-26;1-2/h7-8,13-14,17-18H,3-6,9-12,15-16H2,1-2H3,(H,26,31);11-12,15-16,18,26,28H,4-10,13-14,17H2,1-3H3,(H,27,31);1-2H3/t17?,18-;;/m0../s1. The summed E-state index contributed by atoms with van der Waals surface area (Å²) < 4.78 is 15.5. The molecule has 1 unspecified atom stereocenters. The molecule has 3 aromatic heterocycles.